The van der Waals surface area contributed by atoms with Crippen LogP contribution >= 0.6 is 0 Å². The molecular formula is C45H28N2O2. The summed E-state index contributed by atoms with van der Waals surface area (Å²) in [6, 6.07) is 59.2. The summed E-state index contributed by atoms with van der Waals surface area (Å²) in [4.78, 5) is 7.25. The Kier molecular flexibility index (Phi) is 6.15. The van der Waals surface area contributed by atoms with Crippen LogP contribution in [0.25, 0.3) is 77.2 Å². The van der Waals surface area contributed by atoms with Gasteiger partial charge in [0.15, 0.2) is 5.58 Å². The quantitative estimate of drug-likeness (QED) is 0.178. The summed E-state index contributed by atoms with van der Waals surface area (Å²) in [5.41, 5.74) is 9.88. The molecule has 0 saturated heterocycles. The van der Waals surface area contributed by atoms with Gasteiger partial charge in [-0.05, 0) is 94.7 Å². The predicted octanol–water partition coefficient (Wildman–Crippen LogP) is 12.8. The monoisotopic (exact) mass is 628 g/mol. The highest BCUT2D eigenvalue weighted by atomic mass is 16.3. The summed E-state index contributed by atoms with van der Waals surface area (Å²) in [7, 11) is 0. The number of benzene rings is 8. The molecule has 230 valence electrons. The Morgan fingerprint density at radius 1 is 0.429 bits per heavy atom. The van der Waals surface area contributed by atoms with Crippen LogP contribution in [0, 0.1) is 0 Å². The number of oxazole rings is 1. The lowest BCUT2D eigenvalue weighted by Gasteiger charge is -2.27. The van der Waals surface area contributed by atoms with Gasteiger partial charge in [0, 0.05) is 38.5 Å². The number of furan rings is 1. The van der Waals surface area contributed by atoms with Crippen molar-refractivity contribution in [3.63, 3.8) is 0 Å². The molecule has 10 rings (SSSR count). The fraction of sp³-hybridized carbons (Fsp3) is 0. The molecule has 2 heterocycles. The van der Waals surface area contributed by atoms with E-state index in [2.05, 4.69) is 132 Å². The van der Waals surface area contributed by atoms with Gasteiger partial charge in [0.25, 0.3) is 0 Å². The van der Waals surface area contributed by atoms with Gasteiger partial charge in [-0.25, -0.2) is 4.98 Å². The smallest absolute Gasteiger partial charge is 0.227 e. The minimum Gasteiger partial charge on any atom is -0.456 e. The van der Waals surface area contributed by atoms with E-state index in [9.17, 15) is 0 Å². The molecule has 0 fully saturated rings. The molecular weight excluding hydrogens is 601 g/mol. The fourth-order valence-electron chi connectivity index (χ4n) is 7.15. The van der Waals surface area contributed by atoms with Crippen LogP contribution in [0.5, 0.6) is 0 Å². The minimum absolute atomic E-state index is 0.620. The number of hydrogen-bond donors (Lipinski definition) is 0. The van der Waals surface area contributed by atoms with E-state index in [0.717, 1.165) is 88.3 Å². The van der Waals surface area contributed by atoms with Crippen molar-refractivity contribution < 1.29 is 8.83 Å². The topological polar surface area (TPSA) is 42.4 Å². The van der Waals surface area contributed by atoms with Crippen LogP contribution < -0.4 is 4.90 Å². The van der Waals surface area contributed by atoms with Crippen molar-refractivity contribution in [2.45, 2.75) is 0 Å². The number of fused-ring (bicyclic) bond motifs is 8. The van der Waals surface area contributed by atoms with Crippen molar-refractivity contribution in [2.24, 2.45) is 0 Å². The third-order valence-electron chi connectivity index (χ3n) is 9.47. The molecule has 4 heteroatoms. The van der Waals surface area contributed by atoms with E-state index in [0.29, 0.717) is 5.89 Å². The summed E-state index contributed by atoms with van der Waals surface area (Å²) in [6.07, 6.45) is 0. The summed E-state index contributed by atoms with van der Waals surface area (Å²) in [5.74, 6) is 0.620. The van der Waals surface area contributed by atoms with Gasteiger partial charge < -0.3 is 13.7 Å². The second-order valence-corrected chi connectivity index (χ2v) is 12.4. The molecule has 0 atom stereocenters. The molecule has 0 aliphatic heterocycles. The molecule has 0 unspecified atom stereocenters. The zero-order valence-electron chi connectivity index (χ0n) is 26.4. The predicted molar refractivity (Wildman–Crippen MR) is 202 cm³/mol. The molecule has 0 radical (unpaired) electrons. The van der Waals surface area contributed by atoms with Crippen LogP contribution in [0.15, 0.2) is 179 Å². The lowest BCUT2D eigenvalue weighted by atomic mass is 9.97. The minimum atomic E-state index is 0.620. The largest absolute Gasteiger partial charge is 0.456 e. The van der Waals surface area contributed by atoms with Crippen LogP contribution in [0.2, 0.25) is 0 Å². The molecule has 0 amide bonds. The van der Waals surface area contributed by atoms with E-state index in [1.54, 1.807) is 0 Å². The van der Waals surface area contributed by atoms with E-state index in [4.69, 9.17) is 13.8 Å². The average Bonchev–Trinajstić information content (AvgIpc) is 3.78. The summed E-state index contributed by atoms with van der Waals surface area (Å²) >= 11 is 0. The highest BCUT2D eigenvalue weighted by molar-refractivity contribution is 6.22. The van der Waals surface area contributed by atoms with Crippen molar-refractivity contribution >= 4 is 71.6 Å². The van der Waals surface area contributed by atoms with Crippen LogP contribution in [-0.2, 0) is 0 Å². The van der Waals surface area contributed by atoms with Gasteiger partial charge in [0.05, 0.1) is 5.69 Å². The molecule has 0 saturated carbocycles. The summed E-state index contributed by atoms with van der Waals surface area (Å²) in [6.45, 7) is 0. The maximum Gasteiger partial charge on any atom is 0.227 e. The third-order valence-corrected chi connectivity index (χ3v) is 9.47. The highest BCUT2D eigenvalue weighted by Crippen LogP contribution is 2.45. The zero-order chi connectivity index (χ0) is 32.3. The second-order valence-electron chi connectivity index (χ2n) is 12.4. The Labute approximate surface area is 282 Å². The Morgan fingerprint density at radius 3 is 1.94 bits per heavy atom. The van der Waals surface area contributed by atoms with Gasteiger partial charge in [0.1, 0.15) is 16.7 Å². The number of hydrogen-bond acceptors (Lipinski definition) is 4. The van der Waals surface area contributed by atoms with Crippen LogP contribution in [0.1, 0.15) is 0 Å². The summed E-state index contributed by atoms with van der Waals surface area (Å²) in [5, 5.41) is 6.66. The van der Waals surface area contributed by atoms with E-state index >= 15 is 0 Å². The Bertz CT molecular complexity index is 2820. The Morgan fingerprint density at radius 2 is 1.10 bits per heavy atom. The van der Waals surface area contributed by atoms with Crippen molar-refractivity contribution in [2.75, 3.05) is 4.90 Å². The highest BCUT2D eigenvalue weighted by Gasteiger charge is 2.21. The zero-order valence-corrected chi connectivity index (χ0v) is 26.4. The van der Waals surface area contributed by atoms with Gasteiger partial charge >= 0.3 is 0 Å². The maximum atomic E-state index is 6.60. The molecule has 0 aliphatic carbocycles. The number of rotatable bonds is 5. The third kappa shape index (κ3) is 4.49. The fourth-order valence-corrected chi connectivity index (χ4v) is 7.15. The standard InChI is InChI=1S/C45H28N2O2/c1-3-11-30(12-4-1)45-46-39-25-24-37-40(28-32-13-7-8-16-35(32)43(37)44(39)49-45)47(33-14-5-2-6-15-33)34-22-19-29(20-23-34)31-21-26-42-38(27-31)36-17-9-10-18-41(36)48-42/h1-28H. The molecule has 0 bridgehead atoms. The van der Waals surface area contributed by atoms with E-state index < -0.39 is 0 Å². The van der Waals surface area contributed by atoms with Crippen LogP contribution in [-0.4, -0.2) is 4.98 Å². The van der Waals surface area contributed by atoms with Gasteiger partial charge in [-0.3, -0.25) is 0 Å². The molecule has 0 spiro atoms. The van der Waals surface area contributed by atoms with Gasteiger partial charge in [0.2, 0.25) is 5.89 Å². The van der Waals surface area contributed by atoms with Crippen LogP contribution in [0.3, 0.4) is 0 Å². The normalized spacial score (nSPS) is 11.7. The molecule has 8 aromatic carbocycles. The first-order valence-electron chi connectivity index (χ1n) is 16.5. The first-order valence-corrected chi connectivity index (χ1v) is 16.5. The Balaban J connectivity index is 1.16. The molecule has 2 aromatic heterocycles. The molecule has 0 N–H and O–H groups in total. The number of para-hydroxylation sites is 2. The van der Waals surface area contributed by atoms with Crippen molar-refractivity contribution in [3.8, 4) is 22.6 Å². The lowest BCUT2D eigenvalue weighted by Crippen LogP contribution is -2.10. The van der Waals surface area contributed by atoms with E-state index in [1.165, 1.54) is 0 Å². The average molecular weight is 629 g/mol. The molecule has 0 aliphatic rings. The first kappa shape index (κ1) is 27.5. The molecule has 49 heavy (non-hydrogen) atoms. The maximum absolute atomic E-state index is 6.60. The van der Waals surface area contributed by atoms with Crippen LogP contribution in [0.4, 0.5) is 17.1 Å². The van der Waals surface area contributed by atoms with Crippen molar-refractivity contribution in [1.82, 2.24) is 4.98 Å². The lowest BCUT2D eigenvalue weighted by molar-refractivity contribution is 0.623. The number of anilines is 3. The van der Waals surface area contributed by atoms with Crippen molar-refractivity contribution in [3.05, 3.63) is 170 Å². The van der Waals surface area contributed by atoms with Gasteiger partial charge in [-0.1, -0.05) is 97.1 Å². The first-order chi connectivity index (χ1) is 24.3. The second kappa shape index (κ2) is 11.0. The number of nitrogens with zero attached hydrogens (tertiary/aromatic N) is 2. The summed E-state index contributed by atoms with van der Waals surface area (Å²) < 4.78 is 12.7. The van der Waals surface area contributed by atoms with Gasteiger partial charge in [-0.2, -0.15) is 0 Å². The molecule has 10 aromatic rings. The Hall–Kier alpha value is -6.65. The van der Waals surface area contributed by atoms with Crippen molar-refractivity contribution in [1.29, 1.82) is 0 Å². The molecule has 4 nitrogen and oxygen atoms in total. The van der Waals surface area contributed by atoms with E-state index in [1.807, 2.05) is 42.5 Å². The SMILES string of the molecule is c1ccc(-c2nc3ccc4c(N(c5ccccc5)c5ccc(-c6ccc7oc8ccccc8c7c6)cc5)cc5ccccc5c4c3o2)cc1. The van der Waals surface area contributed by atoms with E-state index in [-0.39, 0.29) is 0 Å². The van der Waals surface area contributed by atoms with Gasteiger partial charge in [-0.15, -0.1) is 0 Å². The number of aromatic nitrogens is 1.